The number of hydrogen-bond donors (Lipinski definition) is 2. The number of aliphatic hydroxyl groups excluding tert-OH is 1. The van der Waals surface area contributed by atoms with Crippen molar-refractivity contribution >= 4 is 16.9 Å². The van der Waals surface area contributed by atoms with Crippen LogP contribution in [0.4, 0.5) is 13.2 Å². The summed E-state index contributed by atoms with van der Waals surface area (Å²) in [7, 11) is 1.57. The molecule has 200 valence electrons. The maximum atomic E-state index is 12.9. The first kappa shape index (κ1) is 27.4. The van der Waals surface area contributed by atoms with E-state index < -0.39 is 29.7 Å². The average Bonchev–Trinajstić information content (AvgIpc) is 2.91. The third-order valence-corrected chi connectivity index (χ3v) is 7.03. The number of piperidine rings is 1. The van der Waals surface area contributed by atoms with Crippen molar-refractivity contribution in [3.63, 3.8) is 0 Å². The summed E-state index contributed by atoms with van der Waals surface area (Å²) in [5, 5.41) is 21.6. The number of benzene rings is 2. The lowest BCUT2D eigenvalue weighted by Gasteiger charge is -2.36. The van der Waals surface area contributed by atoms with E-state index in [-0.39, 0.29) is 18.0 Å². The fourth-order valence-corrected chi connectivity index (χ4v) is 4.96. The first-order chi connectivity index (χ1) is 18.2. The molecule has 0 spiro atoms. The van der Waals surface area contributed by atoms with Gasteiger partial charge in [0.2, 0.25) is 0 Å². The predicted molar refractivity (Wildman–Crippen MR) is 136 cm³/mol. The van der Waals surface area contributed by atoms with Gasteiger partial charge in [-0.05, 0) is 79.8 Å². The minimum Gasteiger partial charge on any atom is -0.497 e. The van der Waals surface area contributed by atoms with E-state index in [0.717, 1.165) is 28.6 Å². The van der Waals surface area contributed by atoms with Gasteiger partial charge < -0.3 is 14.9 Å². The Balaban J connectivity index is 1.37. The number of likely N-dealkylation sites (tertiary alicyclic amines) is 1. The SMILES string of the molecule is COc1ccc2nccc(C(O)CC[C@@H]3CCN(CC#Cc4cccc(C(F)(F)F)c4)C[C@@H]3C(=O)O)c2c1. The maximum Gasteiger partial charge on any atom is 0.416 e. The Morgan fingerprint density at radius 2 is 2.05 bits per heavy atom. The summed E-state index contributed by atoms with van der Waals surface area (Å²) in [6.45, 7) is 1.18. The highest BCUT2D eigenvalue weighted by Gasteiger charge is 2.34. The van der Waals surface area contributed by atoms with Crippen LogP contribution in [0.5, 0.6) is 5.75 Å². The highest BCUT2D eigenvalue weighted by Crippen LogP contribution is 2.34. The molecular weight excluding hydrogens is 497 g/mol. The molecule has 1 saturated heterocycles. The molecular formula is C29H29F3N2O4. The second-order valence-corrected chi connectivity index (χ2v) is 9.49. The molecule has 3 aromatic rings. The number of carbonyl (C=O) groups is 1. The summed E-state index contributed by atoms with van der Waals surface area (Å²) in [5.74, 6) is 4.66. The van der Waals surface area contributed by atoms with Crippen LogP contribution in [-0.4, -0.2) is 52.8 Å². The molecule has 2 heterocycles. The van der Waals surface area contributed by atoms with Crippen LogP contribution in [0.1, 0.15) is 42.1 Å². The molecule has 1 aliphatic rings. The Hall–Kier alpha value is -3.61. The van der Waals surface area contributed by atoms with Crippen molar-refractivity contribution in [3.8, 4) is 17.6 Å². The Bertz CT molecular complexity index is 1350. The molecule has 0 amide bonds. The van der Waals surface area contributed by atoms with Crippen molar-refractivity contribution < 1.29 is 32.9 Å². The zero-order chi connectivity index (χ0) is 27.3. The Labute approximate surface area is 219 Å². The molecule has 1 unspecified atom stereocenters. The van der Waals surface area contributed by atoms with Gasteiger partial charge in [0.05, 0.1) is 36.8 Å². The number of aliphatic carboxylic acids is 1. The van der Waals surface area contributed by atoms with Gasteiger partial charge in [0, 0.05) is 23.7 Å². The molecule has 1 aromatic heterocycles. The number of carboxylic acids is 1. The molecule has 0 radical (unpaired) electrons. The number of rotatable bonds is 7. The number of fused-ring (bicyclic) bond motifs is 1. The molecule has 0 bridgehead atoms. The topological polar surface area (TPSA) is 82.9 Å². The van der Waals surface area contributed by atoms with Gasteiger partial charge in [-0.3, -0.25) is 14.7 Å². The molecule has 6 nitrogen and oxygen atoms in total. The normalized spacial score (nSPS) is 19.0. The zero-order valence-corrected chi connectivity index (χ0v) is 20.9. The van der Waals surface area contributed by atoms with Crippen molar-refractivity contribution in [3.05, 3.63) is 71.4 Å². The fraction of sp³-hybridized carbons (Fsp3) is 0.379. The average molecular weight is 527 g/mol. The van der Waals surface area contributed by atoms with Crippen molar-refractivity contribution in [2.24, 2.45) is 11.8 Å². The van der Waals surface area contributed by atoms with Gasteiger partial charge in [-0.25, -0.2) is 0 Å². The quantitative estimate of drug-likeness (QED) is 0.415. The molecule has 38 heavy (non-hydrogen) atoms. The number of carboxylic acid groups (broad SMARTS) is 1. The van der Waals surface area contributed by atoms with Crippen LogP contribution in [-0.2, 0) is 11.0 Å². The molecule has 9 heteroatoms. The molecule has 0 aliphatic carbocycles. The number of aromatic nitrogens is 1. The number of alkyl halides is 3. The first-order valence-corrected chi connectivity index (χ1v) is 12.4. The van der Waals surface area contributed by atoms with E-state index >= 15 is 0 Å². The monoisotopic (exact) mass is 526 g/mol. The van der Waals surface area contributed by atoms with E-state index in [9.17, 15) is 28.2 Å². The standard InChI is InChI=1S/C29H29F3N2O4/c1-38-22-8-9-26-24(17-22)23(11-13-33-26)27(35)10-7-20-12-15-34(18-25(20)28(36)37)14-3-5-19-4-2-6-21(16-19)29(30,31)32/h2,4,6,8-9,11,13,16-17,20,25,27,35H,7,10,12,14-15,18H2,1H3,(H,36,37)/t20-,25+,27?/m1/s1. The van der Waals surface area contributed by atoms with Crippen molar-refractivity contribution in [1.29, 1.82) is 0 Å². The number of methoxy groups -OCH3 is 1. The smallest absolute Gasteiger partial charge is 0.416 e. The van der Waals surface area contributed by atoms with Gasteiger partial charge in [-0.2, -0.15) is 13.2 Å². The summed E-state index contributed by atoms with van der Waals surface area (Å²) in [6.07, 6.45) is -2.00. The first-order valence-electron chi connectivity index (χ1n) is 12.4. The fourth-order valence-electron chi connectivity index (χ4n) is 4.96. The summed E-state index contributed by atoms with van der Waals surface area (Å²) >= 11 is 0. The molecule has 0 saturated carbocycles. The number of halogens is 3. The van der Waals surface area contributed by atoms with Crippen LogP contribution in [0.3, 0.4) is 0 Å². The van der Waals surface area contributed by atoms with Gasteiger partial charge in [-0.15, -0.1) is 0 Å². The van der Waals surface area contributed by atoms with Crippen LogP contribution < -0.4 is 4.74 Å². The Morgan fingerprint density at radius 1 is 1.24 bits per heavy atom. The molecule has 2 aromatic carbocycles. The molecule has 1 fully saturated rings. The highest BCUT2D eigenvalue weighted by atomic mass is 19.4. The number of pyridine rings is 1. The van der Waals surface area contributed by atoms with Crippen LogP contribution in [0, 0.1) is 23.7 Å². The van der Waals surface area contributed by atoms with Crippen molar-refractivity contribution in [2.45, 2.75) is 31.5 Å². The van der Waals surface area contributed by atoms with Crippen LogP contribution in [0.25, 0.3) is 10.9 Å². The third kappa shape index (κ3) is 6.63. The van der Waals surface area contributed by atoms with Gasteiger partial charge in [-0.1, -0.05) is 17.9 Å². The van der Waals surface area contributed by atoms with Crippen LogP contribution >= 0.6 is 0 Å². The lowest BCUT2D eigenvalue weighted by atomic mass is 9.81. The minimum atomic E-state index is -4.43. The van der Waals surface area contributed by atoms with E-state index in [2.05, 4.69) is 16.8 Å². The predicted octanol–water partition coefficient (Wildman–Crippen LogP) is 5.15. The van der Waals surface area contributed by atoms with E-state index in [1.807, 2.05) is 17.0 Å². The third-order valence-electron chi connectivity index (χ3n) is 7.03. The van der Waals surface area contributed by atoms with Gasteiger partial charge in [0.1, 0.15) is 5.75 Å². The lowest BCUT2D eigenvalue weighted by Crippen LogP contribution is -2.44. The number of nitrogens with zero attached hydrogens (tertiary/aromatic N) is 2. The molecule has 3 atom stereocenters. The Kier molecular flexibility index (Phi) is 8.55. The summed E-state index contributed by atoms with van der Waals surface area (Å²) in [5.41, 5.74) is 0.977. The largest absolute Gasteiger partial charge is 0.497 e. The van der Waals surface area contributed by atoms with Crippen LogP contribution in [0.15, 0.2) is 54.7 Å². The van der Waals surface area contributed by atoms with Gasteiger partial charge >= 0.3 is 12.1 Å². The van der Waals surface area contributed by atoms with Gasteiger partial charge in [0.15, 0.2) is 0 Å². The number of ether oxygens (including phenoxy) is 1. The zero-order valence-electron chi connectivity index (χ0n) is 20.9. The second kappa shape index (κ2) is 11.8. The summed E-state index contributed by atoms with van der Waals surface area (Å²) < 4.78 is 44.0. The van der Waals surface area contributed by atoms with E-state index in [0.29, 0.717) is 38.1 Å². The molecule has 1 aliphatic heterocycles. The van der Waals surface area contributed by atoms with E-state index in [4.69, 9.17) is 4.74 Å². The summed E-state index contributed by atoms with van der Waals surface area (Å²) in [4.78, 5) is 18.3. The second-order valence-electron chi connectivity index (χ2n) is 9.49. The van der Waals surface area contributed by atoms with Crippen molar-refractivity contribution in [1.82, 2.24) is 9.88 Å². The van der Waals surface area contributed by atoms with E-state index in [1.165, 1.54) is 12.1 Å². The van der Waals surface area contributed by atoms with Crippen molar-refractivity contribution in [2.75, 3.05) is 26.7 Å². The molecule has 2 N–H and O–H groups in total. The molecule has 4 rings (SSSR count). The Morgan fingerprint density at radius 3 is 2.79 bits per heavy atom. The summed E-state index contributed by atoms with van der Waals surface area (Å²) in [6, 6.07) is 12.1. The van der Waals surface area contributed by atoms with E-state index in [1.54, 1.807) is 25.4 Å². The number of aliphatic hydroxyl groups is 1. The van der Waals surface area contributed by atoms with Gasteiger partial charge in [0.25, 0.3) is 0 Å². The number of hydrogen-bond acceptors (Lipinski definition) is 5. The minimum absolute atomic E-state index is 0.113. The maximum absolute atomic E-state index is 12.9. The lowest BCUT2D eigenvalue weighted by molar-refractivity contribution is -0.146. The highest BCUT2D eigenvalue weighted by molar-refractivity contribution is 5.83. The van der Waals surface area contributed by atoms with Crippen LogP contribution in [0.2, 0.25) is 0 Å².